The largest absolute Gasteiger partial charge is 0.303 e. The van der Waals surface area contributed by atoms with Gasteiger partial charge in [-0.15, -0.1) is 0 Å². The minimum Gasteiger partial charge on any atom is -0.303 e. The number of hydrogen-bond donors (Lipinski definition) is 0. The third-order valence-corrected chi connectivity index (χ3v) is 7.41. The maximum absolute atomic E-state index is 13.5. The summed E-state index contributed by atoms with van der Waals surface area (Å²) in [4.78, 5) is 30.6. The lowest BCUT2D eigenvalue weighted by molar-refractivity contribution is -0.122. The summed E-state index contributed by atoms with van der Waals surface area (Å²) in [7, 11) is 0. The lowest BCUT2D eigenvalue weighted by Crippen LogP contribution is -2.30. The van der Waals surface area contributed by atoms with Gasteiger partial charge in [0.05, 0.1) is 22.7 Å². The van der Waals surface area contributed by atoms with Crippen molar-refractivity contribution in [3.63, 3.8) is 0 Å². The SMILES string of the molecule is CCCCCCN1C(=O)C(=C2C(=O)N(Cc3ccccc3)c3ccc(Br)cc32)SC1=S. The highest BCUT2D eigenvalue weighted by Gasteiger charge is 2.41. The van der Waals surface area contributed by atoms with Crippen molar-refractivity contribution in [1.29, 1.82) is 0 Å². The summed E-state index contributed by atoms with van der Waals surface area (Å²) in [5, 5.41) is 0. The van der Waals surface area contributed by atoms with Gasteiger partial charge in [-0.3, -0.25) is 14.5 Å². The topological polar surface area (TPSA) is 40.6 Å². The molecule has 160 valence electrons. The van der Waals surface area contributed by atoms with E-state index in [0.29, 0.717) is 27.9 Å². The van der Waals surface area contributed by atoms with Gasteiger partial charge >= 0.3 is 0 Å². The normalized spacial score (nSPS) is 18.3. The van der Waals surface area contributed by atoms with Crippen molar-refractivity contribution in [2.45, 2.75) is 39.2 Å². The van der Waals surface area contributed by atoms with Crippen LogP contribution in [0.25, 0.3) is 5.57 Å². The van der Waals surface area contributed by atoms with Crippen LogP contribution in [-0.4, -0.2) is 27.6 Å². The van der Waals surface area contributed by atoms with Crippen LogP contribution in [0.1, 0.15) is 43.7 Å². The number of hydrogen-bond acceptors (Lipinski definition) is 4. The van der Waals surface area contributed by atoms with E-state index in [1.807, 2.05) is 48.5 Å². The molecular formula is C24H23BrN2O2S2. The first-order valence-corrected chi connectivity index (χ1v) is 12.5. The standard InChI is InChI=1S/C24H23BrN2O2S2/c1-2-3-4-8-13-26-23(29)21(31-24(26)30)20-18-14-17(25)11-12-19(18)27(22(20)28)15-16-9-6-5-7-10-16/h5-7,9-12,14H,2-4,8,13,15H2,1H3. The van der Waals surface area contributed by atoms with Crippen LogP contribution in [-0.2, 0) is 16.1 Å². The zero-order valence-corrected chi connectivity index (χ0v) is 20.5. The number of halogens is 1. The van der Waals surface area contributed by atoms with Crippen LogP contribution in [0.5, 0.6) is 0 Å². The molecule has 1 saturated heterocycles. The quantitative estimate of drug-likeness (QED) is 0.252. The first-order chi connectivity index (χ1) is 15.0. The fourth-order valence-electron chi connectivity index (χ4n) is 3.88. The average Bonchev–Trinajstić information content (AvgIpc) is 3.18. The lowest BCUT2D eigenvalue weighted by atomic mass is 10.1. The smallest absolute Gasteiger partial charge is 0.267 e. The monoisotopic (exact) mass is 514 g/mol. The zero-order chi connectivity index (χ0) is 22.0. The molecule has 0 unspecified atom stereocenters. The highest BCUT2D eigenvalue weighted by molar-refractivity contribution is 9.10. The summed E-state index contributed by atoms with van der Waals surface area (Å²) < 4.78 is 1.41. The minimum atomic E-state index is -0.151. The van der Waals surface area contributed by atoms with Crippen molar-refractivity contribution >= 4 is 67.3 Å². The summed E-state index contributed by atoms with van der Waals surface area (Å²) in [6, 6.07) is 15.6. The molecule has 0 spiro atoms. The first-order valence-electron chi connectivity index (χ1n) is 10.4. The van der Waals surface area contributed by atoms with E-state index < -0.39 is 0 Å². The second-order valence-electron chi connectivity index (χ2n) is 7.63. The molecule has 0 N–H and O–H groups in total. The number of benzene rings is 2. The van der Waals surface area contributed by atoms with E-state index in [0.717, 1.165) is 47.0 Å². The number of thiocarbonyl (C=S) groups is 1. The Bertz CT molecular complexity index is 1070. The van der Waals surface area contributed by atoms with Crippen molar-refractivity contribution in [3.8, 4) is 0 Å². The zero-order valence-electron chi connectivity index (χ0n) is 17.3. The molecule has 0 radical (unpaired) electrons. The fourth-order valence-corrected chi connectivity index (χ4v) is 5.63. The molecule has 7 heteroatoms. The maximum Gasteiger partial charge on any atom is 0.267 e. The maximum atomic E-state index is 13.5. The summed E-state index contributed by atoms with van der Waals surface area (Å²) in [6.07, 6.45) is 4.27. The Balaban J connectivity index is 1.68. The van der Waals surface area contributed by atoms with E-state index in [2.05, 4.69) is 22.9 Å². The number of thioether (sulfide) groups is 1. The highest BCUT2D eigenvalue weighted by atomic mass is 79.9. The molecule has 0 aliphatic carbocycles. The number of carbonyl (C=O) groups is 2. The van der Waals surface area contributed by atoms with Crippen molar-refractivity contribution in [2.24, 2.45) is 0 Å². The summed E-state index contributed by atoms with van der Waals surface area (Å²) >= 11 is 10.3. The molecule has 4 rings (SSSR count). The Morgan fingerprint density at radius 3 is 2.48 bits per heavy atom. The van der Waals surface area contributed by atoms with E-state index in [-0.39, 0.29) is 11.8 Å². The Hall–Kier alpha value is -1.96. The Morgan fingerprint density at radius 1 is 0.968 bits per heavy atom. The number of carbonyl (C=O) groups excluding carboxylic acids is 2. The fraction of sp³-hybridized carbons (Fsp3) is 0.292. The van der Waals surface area contributed by atoms with Crippen molar-refractivity contribution < 1.29 is 9.59 Å². The van der Waals surface area contributed by atoms with Crippen LogP contribution in [0.3, 0.4) is 0 Å². The second-order valence-corrected chi connectivity index (χ2v) is 10.2. The van der Waals surface area contributed by atoms with Crippen molar-refractivity contribution in [1.82, 2.24) is 4.90 Å². The van der Waals surface area contributed by atoms with Crippen LogP contribution in [0.2, 0.25) is 0 Å². The lowest BCUT2D eigenvalue weighted by Gasteiger charge is -2.17. The molecule has 2 amide bonds. The second kappa shape index (κ2) is 9.67. The van der Waals surface area contributed by atoms with Crippen LogP contribution in [0.15, 0.2) is 57.9 Å². The van der Waals surface area contributed by atoms with E-state index in [9.17, 15) is 9.59 Å². The molecule has 4 nitrogen and oxygen atoms in total. The molecule has 2 aliphatic rings. The van der Waals surface area contributed by atoms with E-state index >= 15 is 0 Å². The minimum absolute atomic E-state index is 0.150. The third-order valence-electron chi connectivity index (χ3n) is 5.47. The van der Waals surface area contributed by atoms with Crippen LogP contribution >= 0.6 is 39.9 Å². The van der Waals surface area contributed by atoms with Crippen LogP contribution in [0.4, 0.5) is 5.69 Å². The predicted molar refractivity (Wildman–Crippen MR) is 135 cm³/mol. The summed E-state index contributed by atoms with van der Waals surface area (Å²) in [5.41, 5.74) is 3.09. The van der Waals surface area contributed by atoms with Gasteiger partial charge in [-0.25, -0.2) is 0 Å². The van der Waals surface area contributed by atoms with E-state index in [4.69, 9.17) is 12.2 Å². The van der Waals surface area contributed by atoms with E-state index in [1.165, 1.54) is 11.8 Å². The van der Waals surface area contributed by atoms with Crippen LogP contribution < -0.4 is 4.90 Å². The van der Waals surface area contributed by atoms with Gasteiger partial charge in [0.1, 0.15) is 4.32 Å². The van der Waals surface area contributed by atoms with Gasteiger partial charge in [0.15, 0.2) is 0 Å². The van der Waals surface area contributed by atoms with Gasteiger partial charge in [0.2, 0.25) is 0 Å². The molecular weight excluding hydrogens is 492 g/mol. The van der Waals surface area contributed by atoms with Gasteiger partial charge in [-0.05, 0) is 30.2 Å². The number of rotatable bonds is 7. The predicted octanol–water partition coefficient (Wildman–Crippen LogP) is 6.15. The molecule has 2 aliphatic heterocycles. The van der Waals surface area contributed by atoms with Gasteiger partial charge in [0.25, 0.3) is 11.8 Å². The van der Waals surface area contributed by atoms with Gasteiger partial charge < -0.3 is 4.90 Å². The van der Waals surface area contributed by atoms with Gasteiger partial charge in [0, 0.05) is 16.6 Å². The highest BCUT2D eigenvalue weighted by Crippen LogP contribution is 2.45. The van der Waals surface area contributed by atoms with Crippen molar-refractivity contribution in [2.75, 3.05) is 11.4 Å². The average molecular weight is 515 g/mol. The Kier molecular flexibility index (Phi) is 6.94. The number of fused-ring (bicyclic) bond motifs is 1. The third kappa shape index (κ3) is 4.49. The van der Waals surface area contributed by atoms with Crippen molar-refractivity contribution in [3.05, 3.63) is 69.0 Å². The van der Waals surface area contributed by atoms with Crippen LogP contribution in [0, 0.1) is 0 Å². The molecule has 2 aromatic carbocycles. The number of nitrogens with zero attached hydrogens (tertiary/aromatic N) is 2. The number of anilines is 1. The van der Waals surface area contributed by atoms with Gasteiger partial charge in [-0.2, -0.15) is 0 Å². The number of amides is 2. The molecule has 0 bridgehead atoms. The number of unbranched alkanes of at least 4 members (excludes halogenated alkanes) is 3. The molecule has 0 saturated carbocycles. The molecule has 0 atom stereocenters. The summed E-state index contributed by atoms with van der Waals surface area (Å²) in [6.45, 7) is 3.22. The first kappa shape index (κ1) is 22.2. The summed E-state index contributed by atoms with van der Waals surface area (Å²) in [5.74, 6) is -0.300. The molecule has 31 heavy (non-hydrogen) atoms. The molecule has 0 aromatic heterocycles. The van der Waals surface area contributed by atoms with E-state index in [1.54, 1.807) is 9.80 Å². The molecule has 1 fully saturated rings. The molecule has 2 heterocycles. The van der Waals surface area contributed by atoms with Gasteiger partial charge in [-0.1, -0.05) is 96.4 Å². The molecule has 2 aromatic rings. The Morgan fingerprint density at radius 2 is 1.74 bits per heavy atom. The Labute approximate surface area is 200 Å².